The van der Waals surface area contributed by atoms with Crippen molar-refractivity contribution in [2.24, 2.45) is 7.05 Å². The van der Waals surface area contributed by atoms with Gasteiger partial charge in [-0.25, -0.2) is 19.1 Å². The van der Waals surface area contributed by atoms with Crippen molar-refractivity contribution in [2.45, 2.75) is 32.7 Å². The van der Waals surface area contributed by atoms with Gasteiger partial charge in [-0.2, -0.15) is 0 Å². The number of pyridine rings is 1. The highest BCUT2D eigenvalue weighted by atomic mass is 35.5. The van der Waals surface area contributed by atoms with Gasteiger partial charge in [-0.05, 0) is 68.1 Å². The van der Waals surface area contributed by atoms with Crippen LogP contribution in [0.15, 0.2) is 60.9 Å². The van der Waals surface area contributed by atoms with Gasteiger partial charge in [-0.3, -0.25) is 4.79 Å². The molecule has 1 aromatic heterocycles. The number of benzene rings is 2. The van der Waals surface area contributed by atoms with Gasteiger partial charge in [0, 0.05) is 23.7 Å². The topological polar surface area (TPSA) is 58.1 Å². The van der Waals surface area contributed by atoms with Gasteiger partial charge in [0.15, 0.2) is 12.4 Å². The molecular formula is C28H28ClN4O3+. The van der Waals surface area contributed by atoms with Crippen LogP contribution in [0, 0.1) is 13.5 Å². The summed E-state index contributed by atoms with van der Waals surface area (Å²) in [6.45, 7) is 13.4. The molecule has 0 unspecified atom stereocenters. The molecule has 1 saturated heterocycles. The number of urea groups is 1. The summed E-state index contributed by atoms with van der Waals surface area (Å²) in [6, 6.07) is 14.3. The fourth-order valence-corrected chi connectivity index (χ4v) is 4.52. The van der Waals surface area contributed by atoms with Crippen LogP contribution in [0.2, 0.25) is 5.02 Å². The Morgan fingerprint density at radius 1 is 1.08 bits per heavy atom. The zero-order chi connectivity index (χ0) is 26.0. The Morgan fingerprint density at radius 2 is 1.81 bits per heavy atom. The van der Waals surface area contributed by atoms with E-state index in [9.17, 15) is 9.59 Å². The normalized spacial score (nSPS) is 14.8. The van der Waals surface area contributed by atoms with Gasteiger partial charge >= 0.3 is 6.03 Å². The zero-order valence-electron chi connectivity index (χ0n) is 20.8. The van der Waals surface area contributed by atoms with Gasteiger partial charge in [0.1, 0.15) is 18.3 Å². The second-order valence-corrected chi connectivity index (χ2v) is 9.72. The molecule has 1 fully saturated rings. The summed E-state index contributed by atoms with van der Waals surface area (Å²) in [5.41, 5.74) is 3.03. The number of imide groups is 1. The van der Waals surface area contributed by atoms with Gasteiger partial charge in [0.2, 0.25) is 5.69 Å². The van der Waals surface area contributed by atoms with E-state index in [0.717, 1.165) is 27.3 Å². The molecule has 3 aromatic rings. The Hall–Kier alpha value is -3.89. The molecule has 7 nitrogen and oxygen atoms in total. The number of carbonyl (C=O) groups excluding carboxylic acids is 2. The van der Waals surface area contributed by atoms with E-state index in [-0.39, 0.29) is 16.6 Å². The van der Waals surface area contributed by atoms with E-state index in [1.807, 2.05) is 42.2 Å². The number of amides is 3. The van der Waals surface area contributed by atoms with E-state index in [2.05, 4.69) is 23.9 Å². The van der Waals surface area contributed by atoms with Crippen molar-refractivity contribution in [1.82, 2.24) is 4.90 Å². The van der Waals surface area contributed by atoms with Crippen molar-refractivity contribution in [2.75, 3.05) is 18.1 Å². The highest BCUT2D eigenvalue weighted by molar-refractivity contribution is 6.34. The number of rotatable bonds is 7. The summed E-state index contributed by atoms with van der Waals surface area (Å²) in [4.78, 5) is 32.3. The number of ether oxygens (including phenoxy) is 1. The molecule has 0 radical (unpaired) electrons. The SMILES string of the molecule is [C-]#[N+]c1ccc(N2C(=O)N(CCCOc3ccc(-c4cc[n+](C)cc4)c(C)c3)C(C)(C)C2=O)cc1Cl. The predicted molar refractivity (Wildman–Crippen MR) is 139 cm³/mol. The molecule has 8 heteroatoms. The van der Waals surface area contributed by atoms with Crippen LogP contribution in [0.25, 0.3) is 16.0 Å². The minimum Gasteiger partial charge on any atom is -0.494 e. The molecule has 0 spiro atoms. The lowest BCUT2D eigenvalue weighted by Gasteiger charge is -2.27. The number of anilines is 1. The van der Waals surface area contributed by atoms with Crippen LogP contribution >= 0.6 is 11.6 Å². The van der Waals surface area contributed by atoms with Crippen molar-refractivity contribution in [3.63, 3.8) is 0 Å². The molecule has 0 bridgehead atoms. The van der Waals surface area contributed by atoms with E-state index in [1.54, 1.807) is 24.8 Å². The summed E-state index contributed by atoms with van der Waals surface area (Å²) in [7, 11) is 1.99. The number of halogens is 1. The summed E-state index contributed by atoms with van der Waals surface area (Å²) < 4.78 is 7.95. The largest absolute Gasteiger partial charge is 0.494 e. The molecule has 0 saturated carbocycles. The smallest absolute Gasteiger partial charge is 0.332 e. The minimum absolute atomic E-state index is 0.204. The minimum atomic E-state index is -1.01. The molecule has 1 aliphatic heterocycles. The van der Waals surface area contributed by atoms with Gasteiger partial charge in [0.05, 0.1) is 18.9 Å². The standard InChI is InChI=1S/C28H28ClN4O3/c1-19-17-22(8-9-23(19)20-11-14-31(5)15-12-20)36-16-6-13-32-27(35)33(26(34)28(32,2)3)21-7-10-25(30-4)24(29)18-21/h7-12,14-15,17-18H,6,13,16H2,1-3,5H3/q+1. The average molecular weight is 504 g/mol. The van der Waals surface area contributed by atoms with Crippen molar-refractivity contribution in [3.8, 4) is 16.9 Å². The van der Waals surface area contributed by atoms with E-state index >= 15 is 0 Å². The Morgan fingerprint density at radius 3 is 2.44 bits per heavy atom. The van der Waals surface area contributed by atoms with E-state index < -0.39 is 11.6 Å². The Kier molecular flexibility index (Phi) is 7.00. The number of nitrogens with zero attached hydrogens (tertiary/aromatic N) is 4. The molecule has 0 N–H and O–H groups in total. The quantitative estimate of drug-likeness (QED) is 0.180. The number of carbonyl (C=O) groups is 2. The molecule has 1 aliphatic rings. The number of hydrogen-bond acceptors (Lipinski definition) is 3. The molecule has 2 heterocycles. The molecule has 184 valence electrons. The zero-order valence-corrected chi connectivity index (χ0v) is 21.5. The van der Waals surface area contributed by atoms with E-state index in [0.29, 0.717) is 25.3 Å². The molecule has 36 heavy (non-hydrogen) atoms. The lowest BCUT2D eigenvalue weighted by atomic mass is 10.0. The third-order valence-electron chi connectivity index (χ3n) is 6.42. The van der Waals surface area contributed by atoms with Crippen LogP contribution in [0.1, 0.15) is 25.8 Å². The Bertz CT molecular complexity index is 1360. The lowest BCUT2D eigenvalue weighted by Crippen LogP contribution is -2.44. The first kappa shape index (κ1) is 25.2. The van der Waals surface area contributed by atoms with Crippen molar-refractivity contribution >= 4 is 34.9 Å². The molecular weight excluding hydrogens is 476 g/mol. The van der Waals surface area contributed by atoms with Gasteiger partial charge in [-0.15, -0.1) is 0 Å². The van der Waals surface area contributed by atoms with Crippen molar-refractivity contribution in [3.05, 3.63) is 82.9 Å². The summed E-state index contributed by atoms with van der Waals surface area (Å²) >= 11 is 6.14. The Labute approximate surface area is 216 Å². The fraction of sp³-hybridized carbons (Fsp3) is 0.286. The highest BCUT2D eigenvalue weighted by Gasteiger charge is 2.51. The van der Waals surface area contributed by atoms with Gasteiger partial charge in [0.25, 0.3) is 5.91 Å². The summed E-state index contributed by atoms with van der Waals surface area (Å²) in [5.74, 6) is 0.428. The number of aromatic nitrogens is 1. The maximum atomic E-state index is 13.2. The third kappa shape index (κ3) is 4.77. The molecule has 2 aromatic carbocycles. The summed E-state index contributed by atoms with van der Waals surface area (Å²) in [6.07, 6.45) is 4.59. The monoisotopic (exact) mass is 503 g/mol. The van der Waals surface area contributed by atoms with E-state index in [4.69, 9.17) is 22.9 Å². The number of hydrogen-bond donors (Lipinski definition) is 0. The Balaban J connectivity index is 1.39. The predicted octanol–water partition coefficient (Wildman–Crippen LogP) is 5.71. The molecule has 0 aliphatic carbocycles. The first-order chi connectivity index (χ1) is 17.1. The van der Waals surface area contributed by atoms with Crippen LogP contribution in [0.3, 0.4) is 0 Å². The first-order valence-electron chi connectivity index (χ1n) is 11.7. The molecule has 3 amide bonds. The van der Waals surface area contributed by atoms with Crippen LogP contribution in [0.4, 0.5) is 16.2 Å². The molecule has 4 rings (SSSR count). The fourth-order valence-electron chi connectivity index (χ4n) is 4.31. The molecule has 0 atom stereocenters. The average Bonchev–Trinajstić information content (AvgIpc) is 3.01. The third-order valence-corrected chi connectivity index (χ3v) is 6.72. The van der Waals surface area contributed by atoms with Crippen LogP contribution in [0.5, 0.6) is 5.75 Å². The van der Waals surface area contributed by atoms with E-state index in [1.165, 1.54) is 12.1 Å². The maximum Gasteiger partial charge on any atom is 0.332 e. The maximum absolute atomic E-state index is 13.2. The second kappa shape index (κ2) is 10.00. The van der Waals surface area contributed by atoms with Crippen LogP contribution in [-0.2, 0) is 11.8 Å². The highest BCUT2D eigenvalue weighted by Crippen LogP contribution is 2.36. The van der Waals surface area contributed by atoms with Crippen molar-refractivity contribution in [1.29, 1.82) is 0 Å². The first-order valence-corrected chi connectivity index (χ1v) is 12.0. The summed E-state index contributed by atoms with van der Waals surface area (Å²) in [5, 5.41) is 0.204. The second-order valence-electron chi connectivity index (χ2n) is 9.31. The van der Waals surface area contributed by atoms with Crippen molar-refractivity contribution < 1.29 is 18.9 Å². The lowest BCUT2D eigenvalue weighted by molar-refractivity contribution is -0.671. The van der Waals surface area contributed by atoms with Gasteiger partial charge in [-0.1, -0.05) is 23.7 Å². The number of aryl methyl sites for hydroxylation is 2. The van der Waals surface area contributed by atoms with Crippen LogP contribution < -0.4 is 14.2 Å². The van der Waals surface area contributed by atoms with Crippen LogP contribution in [-0.4, -0.2) is 35.5 Å². The van der Waals surface area contributed by atoms with Gasteiger partial charge < -0.3 is 9.64 Å².